The van der Waals surface area contributed by atoms with E-state index >= 15 is 0 Å². The number of hydrogen-bond acceptors (Lipinski definition) is 2. The van der Waals surface area contributed by atoms with E-state index in [1.807, 2.05) is 17.0 Å². The Kier molecular flexibility index (Phi) is 3.67. The Labute approximate surface area is 103 Å². The Balaban J connectivity index is 2.15. The number of nitrogen functional groups attached to an aromatic ring is 1. The summed E-state index contributed by atoms with van der Waals surface area (Å²) >= 11 is 0. The van der Waals surface area contributed by atoms with Gasteiger partial charge < -0.3 is 10.6 Å². The van der Waals surface area contributed by atoms with E-state index in [1.165, 1.54) is 12.8 Å². The fourth-order valence-electron chi connectivity index (χ4n) is 2.37. The number of rotatable bonds is 1. The van der Waals surface area contributed by atoms with Crippen LogP contribution in [0.2, 0.25) is 0 Å². The summed E-state index contributed by atoms with van der Waals surface area (Å²) in [6, 6.07) is 7.55. The van der Waals surface area contributed by atoms with Crippen molar-refractivity contribution in [1.29, 1.82) is 0 Å². The summed E-state index contributed by atoms with van der Waals surface area (Å²) in [6.07, 6.45) is 4.69. The van der Waals surface area contributed by atoms with E-state index in [4.69, 9.17) is 5.73 Å². The van der Waals surface area contributed by atoms with E-state index in [9.17, 15) is 4.79 Å². The van der Waals surface area contributed by atoms with Crippen molar-refractivity contribution in [3.8, 4) is 0 Å². The highest BCUT2D eigenvalue weighted by Crippen LogP contribution is 2.19. The number of nitrogens with zero attached hydrogens (tertiary/aromatic N) is 1. The zero-order valence-corrected chi connectivity index (χ0v) is 10.4. The Hall–Kier alpha value is -1.51. The lowest BCUT2D eigenvalue weighted by atomic mass is 10.1. The van der Waals surface area contributed by atoms with E-state index in [2.05, 4.69) is 6.92 Å². The van der Waals surface area contributed by atoms with Crippen LogP contribution in [0.5, 0.6) is 0 Å². The molecule has 1 fully saturated rings. The molecule has 0 spiro atoms. The molecule has 1 atom stereocenters. The Morgan fingerprint density at radius 2 is 1.94 bits per heavy atom. The lowest BCUT2D eigenvalue weighted by molar-refractivity contribution is 0.0698. The predicted octanol–water partition coefficient (Wildman–Crippen LogP) is 2.67. The average Bonchev–Trinajstić information content (AvgIpc) is 2.54. The molecule has 0 saturated carbocycles. The lowest BCUT2D eigenvalue weighted by Gasteiger charge is -2.27. The van der Waals surface area contributed by atoms with Crippen LogP contribution >= 0.6 is 0 Å². The van der Waals surface area contributed by atoms with Crippen LogP contribution in [0.15, 0.2) is 24.3 Å². The molecule has 1 unspecified atom stereocenters. The Morgan fingerprint density at radius 3 is 2.65 bits per heavy atom. The summed E-state index contributed by atoms with van der Waals surface area (Å²) in [6.45, 7) is 3.02. The van der Waals surface area contributed by atoms with Gasteiger partial charge in [-0.3, -0.25) is 4.79 Å². The van der Waals surface area contributed by atoms with E-state index in [1.54, 1.807) is 12.1 Å². The van der Waals surface area contributed by atoms with Gasteiger partial charge >= 0.3 is 0 Å². The van der Waals surface area contributed by atoms with Crippen molar-refractivity contribution >= 4 is 11.6 Å². The monoisotopic (exact) mass is 232 g/mol. The minimum absolute atomic E-state index is 0.138. The number of likely N-dealkylation sites (tertiary alicyclic amines) is 1. The standard InChI is InChI=1S/C14H20N2O/c1-11-5-3-2-4-10-16(11)14(17)12-6-8-13(15)9-7-12/h6-9,11H,2-5,10,15H2,1H3. The molecule has 1 amide bonds. The van der Waals surface area contributed by atoms with Gasteiger partial charge in [-0.25, -0.2) is 0 Å². The fourth-order valence-corrected chi connectivity index (χ4v) is 2.37. The van der Waals surface area contributed by atoms with Gasteiger partial charge in [0.25, 0.3) is 5.91 Å². The van der Waals surface area contributed by atoms with Crippen molar-refractivity contribution in [2.45, 2.75) is 38.6 Å². The average molecular weight is 232 g/mol. The molecule has 2 N–H and O–H groups in total. The van der Waals surface area contributed by atoms with Crippen LogP contribution in [0.1, 0.15) is 43.0 Å². The number of carbonyl (C=O) groups is 1. The number of carbonyl (C=O) groups excluding carboxylic acids is 1. The van der Waals surface area contributed by atoms with Gasteiger partial charge in [0.05, 0.1) is 0 Å². The van der Waals surface area contributed by atoms with Crippen LogP contribution in [0, 0.1) is 0 Å². The quantitative estimate of drug-likeness (QED) is 0.757. The third-order valence-electron chi connectivity index (χ3n) is 3.47. The number of hydrogen-bond donors (Lipinski definition) is 1. The van der Waals surface area contributed by atoms with Crippen molar-refractivity contribution in [1.82, 2.24) is 4.90 Å². The highest BCUT2D eigenvalue weighted by molar-refractivity contribution is 5.94. The minimum atomic E-state index is 0.138. The molecule has 3 heteroatoms. The summed E-state index contributed by atoms with van der Waals surface area (Å²) in [7, 11) is 0. The van der Waals surface area contributed by atoms with E-state index < -0.39 is 0 Å². The number of benzene rings is 1. The maximum absolute atomic E-state index is 12.4. The van der Waals surface area contributed by atoms with Crippen molar-refractivity contribution < 1.29 is 4.79 Å². The van der Waals surface area contributed by atoms with Gasteiger partial charge in [-0.15, -0.1) is 0 Å². The molecule has 1 aromatic rings. The first-order chi connectivity index (χ1) is 8.18. The summed E-state index contributed by atoms with van der Waals surface area (Å²) in [5, 5.41) is 0. The summed E-state index contributed by atoms with van der Waals surface area (Å²) in [5.41, 5.74) is 7.08. The summed E-state index contributed by atoms with van der Waals surface area (Å²) in [5.74, 6) is 0.138. The number of anilines is 1. The molecule has 0 aromatic heterocycles. The highest BCUT2D eigenvalue weighted by atomic mass is 16.2. The second kappa shape index (κ2) is 5.21. The summed E-state index contributed by atoms with van der Waals surface area (Å²) < 4.78 is 0. The zero-order valence-electron chi connectivity index (χ0n) is 10.4. The topological polar surface area (TPSA) is 46.3 Å². The minimum Gasteiger partial charge on any atom is -0.399 e. The molecule has 1 heterocycles. The summed E-state index contributed by atoms with van der Waals surface area (Å²) in [4.78, 5) is 14.4. The first-order valence-corrected chi connectivity index (χ1v) is 6.35. The van der Waals surface area contributed by atoms with Crippen LogP contribution in [0.3, 0.4) is 0 Å². The number of amides is 1. The second-order valence-corrected chi connectivity index (χ2v) is 4.82. The third-order valence-corrected chi connectivity index (χ3v) is 3.47. The van der Waals surface area contributed by atoms with E-state index in [0.29, 0.717) is 11.7 Å². The maximum atomic E-state index is 12.4. The molecule has 1 aromatic carbocycles. The Bertz CT molecular complexity index is 386. The molecule has 1 aliphatic rings. The molecular formula is C14H20N2O. The van der Waals surface area contributed by atoms with Gasteiger partial charge in [-0.1, -0.05) is 12.8 Å². The first-order valence-electron chi connectivity index (χ1n) is 6.35. The molecule has 3 nitrogen and oxygen atoms in total. The van der Waals surface area contributed by atoms with Crippen LogP contribution in [-0.2, 0) is 0 Å². The molecule has 0 bridgehead atoms. The van der Waals surface area contributed by atoms with Gasteiger partial charge in [0.15, 0.2) is 0 Å². The second-order valence-electron chi connectivity index (χ2n) is 4.82. The van der Waals surface area contributed by atoms with Crippen LogP contribution in [0.25, 0.3) is 0 Å². The fraction of sp³-hybridized carbons (Fsp3) is 0.500. The SMILES string of the molecule is CC1CCCCCN1C(=O)c1ccc(N)cc1. The number of nitrogens with two attached hydrogens (primary N) is 1. The van der Waals surface area contributed by atoms with Crippen molar-refractivity contribution in [3.05, 3.63) is 29.8 Å². The zero-order chi connectivity index (χ0) is 12.3. The Morgan fingerprint density at radius 1 is 1.24 bits per heavy atom. The molecule has 1 saturated heterocycles. The molecule has 1 aliphatic heterocycles. The van der Waals surface area contributed by atoms with Crippen LogP contribution in [-0.4, -0.2) is 23.4 Å². The van der Waals surface area contributed by atoms with Crippen molar-refractivity contribution in [3.63, 3.8) is 0 Å². The van der Waals surface area contributed by atoms with Crippen molar-refractivity contribution in [2.24, 2.45) is 0 Å². The van der Waals surface area contributed by atoms with Crippen LogP contribution in [0.4, 0.5) is 5.69 Å². The molecular weight excluding hydrogens is 212 g/mol. The molecule has 17 heavy (non-hydrogen) atoms. The smallest absolute Gasteiger partial charge is 0.254 e. The molecule has 2 rings (SSSR count). The maximum Gasteiger partial charge on any atom is 0.254 e. The van der Waals surface area contributed by atoms with E-state index in [0.717, 1.165) is 24.9 Å². The predicted molar refractivity (Wildman–Crippen MR) is 69.8 cm³/mol. The van der Waals surface area contributed by atoms with Gasteiger partial charge in [-0.2, -0.15) is 0 Å². The van der Waals surface area contributed by atoms with Gasteiger partial charge in [0.1, 0.15) is 0 Å². The van der Waals surface area contributed by atoms with Gasteiger partial charge in [0, 0.05) is 23.8 Å². The third kappa shape index (κ3) is 2.78. The lowest BCUT2D eigenvalue weighted by Crippen LogP contribution is -2.38. The van der Waals surface area contributed by atoms with Crippen molar-refractivity contribution in [2.75, 3.05) is 12.3 Å². The first kappa shape index (κ1) is 12.0. The van der Waals surface area contributed by atoms with Gasteiger partial charge in [-0.05, 0) is 44.0 Å². The highest BCUT2D eigenvalue weighted by Gasteiger charge is 2.22. The largest absolute Gasteiger partial charge is 0.399 e. The van der Waals surface area contributed by atoms with Gasteiger partial charge in [0.2, 0.25) is 0 Å². The molecule has 0 radical (unpaired) electrons. The van der Waals surface area contributed by atoms with E-state index in [-0.39, 0.29) is 5.91 Å². The molecule has 92 valence electrons. The van der Waals surface area contributed by atoms with Crippen LogP contribution < -0.4 is 5.73 Å². The normalized spacial score (nSPS) is 21.0. The molecule has 0 aliphatic carbocycles.